The largest absolute Gasteiger partial charge is 0.394 e. The van der Waals surface area contributed by atoms with Gasteiger partial charge in [-0.25, -0.2) is 4.98 Å². The quantitative estimate of drug-likeness (QED) is 0.608. The van der Waals surface area contributed by atoms with Gasteiger partial charge in [0.2, 0.25) is 0 Å². The fraction of sp³-hybridized carbons (Fsp3) is 0.357. The molecular formula is C14H17N3O4. The second kappa shape index (κ2) is 6.02. The van der Waals surface area contributed by atoms with E-state index in [9.17, 15) is 19.8 Å². The molecule has 0 saturated heterocycles. The van der Waals surface area contributed by atoms with Crippen molar-refractivity contribution in [1.82, 2.24) is 15.3 Å². The van der Waals surface area contributed by atoms with Crippen molar-refractivity contribution < 1.29 is 15.0 Å². The van der Waals surface area contributed by atoms with Gasteiger partial charge in [-0.05, 0) is 18.6 Å². The van der Waals surface area contributed by atoms with Crippen molar-refractivity contribution in [1.29, 1.82) is 0 Å². The number of nitrogens with one attached hydrogen (secondary N) is 2. The summed E-state index contributed by atoms with van der Waals surface area (Å²) in [4.78, 5) is 30.6. The van der Waals surface area contributed by atoms with Crippen molar-refractivity contribution in [2.75, 3.05) is 13.2 Å². The molecule has 1 aromatic carbocycles. The van der Waals surface area contributed by atoms with Gasteiger partial charge in [0.15, 0.2) is 5.82 Å². The summed E-state index contributed by atoms with van der Waals surface area (Å²) >= 11 is 0. The maximum Gasteiger partial charge on any atom is 0.287 e. The van der Waals surface area contributed by atoms with Gasteiger partial charge >= 0.3 is 0 Å². The van der Waals surface area contributed by atoms with E-state index in [0.717, 1.165) is 0 Å². The first-order valence-corrected chi connectivity index (χ1v) is 6.58. The third-order valence-electron chi connectivity index (χ3n) is 3.49. The van der Waals surface area contributed by atoms with Gasteiger partial charge in [0.05, 0.1) is 29.7 Å². The van der Waals surface area contributed by atoms with Gasteiger partial charge in [-0.2, -0.15) is 0 Å². The third kappa shape index (κ3) is 2.93. The number of fused-ring (bicyclic) bond motifs is 1. The first-order chi connectivity index (χ1) is 10.0. The summed E-state index contributed by atoms with van der Waals surface area (Å²) in [5.41, 5.74) is -1.15. The Morgan fingerprint density at radius 2 is 2.00 bits per heavy atom. The van der Waals surface area contributed by atoms with Gasteiger partial charge in [-0.15, -0.1) is 0 Å². The zero-order valence-electron chi connectivity index (χ0n) is 11.6. The fourth-order valence-corrected chi connectivity index (χ4v) is 1.94. The number of nitrogens with zero attached hydrogens (tertiary/aromatic N) is 1. The maximum atomic E-state index is 12.2. The van der Waals surface area contributed by atoms with Crippen LogP contribution in [0.25, 0.3) is 10.9 Å². The molecule has 112 valence electrons. The molecule has 0 fully saturated rings. The Balaban J connectivity index is 2.38. The molecule has 21 heavy (non-hydrogen) atoms. The lowest BCUT2D eigenvalue weighted by atomic mass is 9.98. The molecule has 0 aliphatic heterocycles. The molecule has 2 rings (SSSR count). The van der Waals surface area contributed by atoms with Crippen LogP contribution in [0.3, 0.4) is 0 Å². The molecule has 0 spiro atoms. The molecule has 0 radical (unpaired) electrons. The normalized spacial score (nSPS) is 11.6. The van der Waals surface area contributed by atoms with E-state index in [1.165, 1.54) is 0 Å². The SMILES string of the molecule is CCC(CO)(CO)NC(=O)c1nc2ccccc2c(=O)[nH]1. The molecule has 0 unspecified atom stereocenters. The van der Waals surface area contributed by atoms with Crippen molar-refractivity contribution in [3.8, 4) is 0 Å². The van der Waals surface area contributed by atoms with Crippen molar-refractivity contribution in [2.45, 2.75) is 18.9 Å². The number of hydrogen-bond acceptors (Lipinski definition) is 5. The predicted octanol–water partition coefficient (Wildman–Crippen LogP) is -0.214. The standard InChI is InChI=1S/C14H17N3O4/c1-2-14(7-18,8-19)17-13(21)11-15-10-6-4-3-5-9(10)12(20)16-11/h3-6,18-19H,2,7-8H2,1H3,(H,17,21)(H,15,16,20). The Hall–Kier alpha value is -2.25. The van der Waals surface area contributed by atoms with Crippen LogP contribution in [-0.2, 0) is 0 Å². The van der Waals surface area contributed by atoms with E-state index in [0.29, 0.717) is 17.3 Å². The molecule has 7 nitrogen and oxygen atoms in total. The lowest BCUT2D eigenvalue weighted by Gasteiger charge is -2.29. The number of carbonyl (C=O) groups is 1. The first kappa shape index (κ1) is 15.1. The smallest absolute Gasteiger partial charge is 0.287 e. The second-order valence-corrected chi connectivity index (χ2v) is 4.84. The van der Waals surface area contributed by atoms with E-state index >= 15 is 0 Å². The molecule has 0 aliphatic carbocycles. The first-order valence-electron chi connectivity index (χ1n) is 6.58. The number of aliphatic hydroxyl groups is 2. The highest BCUT2D eigenvalue weighted by Crippen LogP contribution is 2.10. The van der Waals surface area contributed by atoms with Crippen LogP contribution in [0.1, 0.15) is 24.0 Å². The minimum atomic E-state index is -1.14. The molecule has 0 bridgehead atoms. The number of aromatic nitrogens is 2. The van der Waals surface area contributed by atoms with Gasteiger partial charge in [-0.3, -0.25) is 9.59 Å². The predicted molar refractivity (Wildman–Crippen MR) is 77.0 cm³/mol. The van der Waals surface area contributed by atoms with Crippen LogP contribution in [0.2, 0.25) is 0 Å². The number of aromatic amines is 1. The van der Waals surface area contributed by atoms with E-state index < -0.39 is 30.2 Å². The van der Waals surface area contributed by atoms with Crippen LogP contribution in [0.5, 0.6) is 0 Å². The lowest BCUT2D eigenvalue weighted by Crippen LogP contribution is -2.54. The number of hydrogen-bond donors (Lipinski definition) is 4. The summed E-state index contributed by atoms with van der Waals surface area (Å²) in [7, 11) is 0. The van der Waals surface area contributed by atoms with Gasteiger partial charge < -0.3 is 20.5 Å². The molecule has 7 heteroatoms. The topological polar surface area (TPSA) is 115 Å². The number of rotatable bonds is 5. The summed E-state index contributed by atoms with van der Waals surface area (Å²) in [6, 6.07) is 6.67. The molecule has 4 N–H and O–H groups in total. The Kier molecular flexibility index (Phi) is 4.35. The molecule has 1 aromatic heterocycles. The van der Waals surface area contributed by atoms with Crippen LogP contribution in [0.15, 0.2) is 29.1 Å². The molecule has 1 amide bonds. The average Bonchev–Trinajstić information content (AvgIpc) is 2.52. The van der Waals surface area contributed by atoms with Crippen LogP contribution in [-0.4, -0.2) is 44.8 Å². The number of carbonyl (C=O) groups excluding carboxylic acids is 1. The lowest BCUT2D eigenvalue weighted by molar-refractivity contribution is 0.0645. The number of aliphatic hydroxyl groups excluding tert-OH is 2. The highest BCUT2D eigenvalue weighted by molar-refractivity contribution is 5.93. The Morgan fingerprint density at radius 3 is 2.62 bits per heavy atom. The van der Waals surface area contributed by atoms with Crippen LogP contribution in [0, 0.1) is 0 Å². The molecule has 2 aromatic rings. The average molecular weight is 291 g/mol. The second-order valence-electron chi connectivity index (χ2n) is 4.84. The summed E-state index contributed by atoms with van der Waals surface area (Å²) in [5.74, 6) is -0.804. The van der Waals surface area contributed by atoms with Gasteiger partial charge in [0, 0.05) is 0 Å². The highest BCUT2D eigenvalue weighted by Gasteiger charge is 2.29. The van der Waals surface area contributed by atoms with Crippen LogP contribution < -0.4 is 10.9 Å². The van der Waals surface area contributed by atoms with Gasteiger partial charge in [0.1, 0.15) is 0 Å². The van der Waals surface area contributed by atoms with E-state index in [2.05, 4.69) is 15.3 Å². The fourth-order valence-electron chi connectivity index (χ4n) is 1.94. The molecule has 0 saturated carbocycles. The third-order valence-corrected chi connectivity index (χ3v) is 3.49. The molecule has 0 atom stereocenters. The zero-order chi connectivity index (χ0) is 15.5. The zero-order valence-corrected chi connectivity index (χ0v) is 11.6. The summed E-state index contributed by atoms with van der Waals surface area (Å²) < 4.78 is 0. The van der Waals surface area contributed by atoms with E-state index in [-0.39, 0.29) is 5.82 Å². The Morgan fingerprint density at radius 1 is 1.33 bits per heavy atom. The van der Waals surface area contributed by atoms with E-state index in [1.807, 2.05) is 0 Å². The van der Waals surface area contributed by atoms with Crippen molar-refractivity contribution in [2.24, 2.45) is 0 Å². The molecule has 1 heterocycles. The van der Waals surface area contributed by atoms with Crippen LogP contribution >= 0.6 is 0 Å². The van der Waals surface area contributed by atoms with Crippen molar-refractivity contribution in [3.63, 3.8) is 0 Å². The van der Waals surface area contributed by atoms with E-state index in [4.69, 9.17) is 0 Å². The molecule has 0 aliphatic rings. The monoisotopic (exact) mass is 291 g/mol. The minimum absolute atomic E-state index is 0.154. The van der Waals surface area contributed by atoms with Gasteiger partial charge in [-0.1, -0.05) is 19.1 Å². The number of H-pyrrole nitrogens is 1. The highest BCUT2D eigenvalue weighted by atomic mass is 16.3. The van der Waals surface area contributed by atoms with Crippen molar-refractivity contribution in [3.05, 3.63) is 40.4 Å². The van der Waals surface area contributed by atoms with Crippen LogP contribution in [0.4, 0.5) is 0 Å². The number of para-hydroxylation sites is 1. The number of benzene rings is 1. The van der Waals surface area contributed by atoms with Gasteiger partial charge in [0.25, 0.3) is 11.5 Å². The number of amides is 1. The summed E-state index contributed by atoms with van der Waals surface area (Å²) in [5, 5.41) is 21.6. The van der Waals surface area contributed by atoms with Crippen molar-refractivity contribution >= 4 is 16.8 Å². The maximum absolute atomic E-state index is 12.2. The summed E-state index contributed by atoms with van der Waals surface area (Å²) in [6.45, 7) is 0.899. The molecular weight excluding hydrogens is 274 g/mol. The Bertz CT molecular complexity index is 698. The van der Waals surface area contributed by atoms with E-state index in [1.54, 1.807) is 31.2 Å². The Labute approximate surface area is 120 Å². The minimum Gasteiger partial charge on any atom is -0.394 e. The summed E-state index contributed by atoms with van der Waals surface area (Å²) in [6.07, 6.45) is 0.337.